The Labute approximate surface area is 89.3 Å². The molecule has 0 spiro atoms. The predicted molar refractivity (Wildman–Crippen MR) is 56.1 cm³/mol. The van der Waals surface area contributed by atoms with Gasteiger partial charge in [0.1, 0.15) is 6.33 Å². The Bertz CT molecular complexity index is 365. The fourth-order valence-electron chi connectivity index (χ4n) is 1.85. The molecule has 0 aliphatic carbocycles. The highest BCUT2D eigenvalue weighted by molar-refractivity contribution is 5.76. The lowest BCUT2D eigenvalue weighted by molar-refractivity contribution is -0.132. The van der Waals surface area contributed by atoms with E-state index in [0.717, 1.165) is 30.6 Å². The summed E-state index contributed by atoms with van der Waals surface area (Å²) in [6.07, 6.45) is 5.79. The zero-order chi connectivity index (χ0) is 10.7. The Morgan fingerprint density at radius 1 is 1.60 bits per heavy atom. The molecule has 0 fully saturated rings. The van der Waals surface area contributed by atoms with Gasteiger partial charge in [-0.1, -0.05) is 6.92 Å². The maximum absolute atomic E-state index is 11.7. The minimum absolute atomic E-state index is 0.243. The van der Waals surface area contributed by atoms with Crippen LogP contribution in [0.25, 0.3) is 0 Å². The number of aromatic nitrogens is 2. The Morgan fingerprint density at radius 2 is 2.47 bits per heavy atom. The first kappa shape index (κ1) is 10.1. The van der Waals surface area contributed by atoms with Crippen LogP contribution in [-0.4, -0.2) is 27.3 Å². The highest BCUT2D eigenvalue weighted by Crippen LogP contribution is 2.16. The average molecular weight is 205 g/mol. The van der Waals surface area contributed by atoms with Crippen LogP contribution in [0.2, 0.25) is 0 Å². The smallest absolute Gasteiger partial charge is 0.222 e. The second-order valence-corrected chi connectivity index (χ2v) is 3.81. The number of carbonyl (C=O) groups is 1. The van der Waals surface area contributed by atoms with Crippen LogP contribution in [0.4, 0.5) is 0 Å². The second-order valence-electron chi connectivity index (χ2n) is 3.81. The first-order valence-corrected chi connectivity index (χ1v) is 5.36. The molecule has 0 saturated heterocycles. The first-order chi connectivity index (χ1) is 7.31. The molecule has 1 aromatic heterocycles. The third-order valence-electron chi connectivity index (χ3n) is 2.68. The molecular weight excluding hydrogens is 190 g/mol. The van der Waals surface area contributed by atoms with Gasteiger partial charge in [0.05, 0.1) is 5.69 Å². The van der Waals surface area contributed by atoms with E-state index in [-0.39, 0.29) is 5.91 Å². The van der Waals surface area contributed by atoms with Gasteiger partial charge in [0.15, 0.2) is 0 Å². The predicted octanol–water partition coefficient (Wildman–Crippen LogP) is 1.16. The van der Waals surface area contributed by atoms with Gasteiger partial charge in [0.25, 0.3) is 0 Å². The molecule has 2 heterocycles. The molecule has 0 bridgehead atoms. The standard InChI is InChI=1S/C11H15N3O/c1-2-3-11(15)14-5-4-10-9(7-14)6-12-8-13-10/h6,8H,2-5,7H2,1H3. The van der Waals surface area contributed by atoms with Crippen LogP contribution in [0.15, 0.2) is 12.5 Å². The van der Waals surface area contributed by atoms with Gasteiger partial charge in [-0.05, 0) is 6.42 Å². The lowest BCUT2D eigenvalue weighted by Gasteiger charge is -2.27. The number of hydrogen-bond acceptors (Lipinski definition) is 3. The van der Waals surface area contributed by atoms with Crippen molar-refractivity contribution in [1.82, 2.24) is 14.9 Å². The number of amides is 1. The Morgan fingerprint density at radius 3 is 3.27 bits per heavy atom. The van der Waals surface area contributed by atoms with E-state index in [2.05, 4.69) is 9.97 Å². The fraction of sp³-hybridized carbons (Fsp3) is 0.545. The van der Waals surface area contributed by atoms with Gasteiger partial charge in [-0.15, -0.1) is 0 Å². The van der Waals surface area contributed by atoms with Gasteiger partial charge in [-0.3, -0.25) is 4.79 Å². The molecule has 0 N–H and O–H groups in total. The van der Waals surface area contributed by atoms with Crippen LogP contribution in [0.5, 0.6) is 0 Å². The van der Waals surface area contributed by atoms with E-state index in [0.29, 0.717) is 13.0 Å². The minimum atomic E-state index is 0.243. The van der Waals surface area contributed by atoms with Gasteiger partial charge in [-0.25, -0.2) is 9.97 Å². The summed E-state index contributed by atoms with van der Waals surface area (Å²) in [7, 11) is 0. The van der Waals surface area contributed by atoms with Crippen molar-refractivity contribution >= 4 is 5.91 Å². The first-order valence-electron chi connectivity index (χ1n) is 5.36. The number of hydrogen-bond donors (Lipinski definition) is 0. The largest absolute Gasteiger partial charge is 0.338 e. The molecule has 0 saturated carbocycles. The van der Waals surface area contributed by atoms with E-state index in [1.165, 1.54) is 0 Å². The molecule has 4 heteroatoms. The monoisotopic (exact) mass is 205 g/mol. The van der Waals surface area contributed by atoms with E-state index < -0.39 is 0 Å². The highest BCUT2D eigenvalue weighted by atomic mass is 16.2. The van der Waals surface area contributed by atoms with E-state index in [1.807, 2.05) is 18.0 Å². The second kappa shape index (κ2) is 4.38. The van der Waals surface area contributed by atoms with E-state index in [9.17, 15) is 4.79 Å². The molecule has 1 aliphatic rings. The summed E-state index contributed by atoms with van der Waals surface area (Å²) >= 11 is 0. The maximum Gasteiger partial charge on any atom is 0.222 e. The van der Waals surface area contributed by atoms with E-state index in [4.69, 9.17) is 0 Å². The molecule has 0 aromatic carbocycles. The van der Waals surface area contributed by atoms with Crippen molar-refractivity contribution < 1.29 is 4.79 Å². The Kier molecular flexibility index (Phi) is 2.94. The Hall–Kier alpha value is -1.45. The van der Waals surface area contributed by atoms with Crippen LogP contribution in [0.1, 0.15) is 31.0 Å². The van der Waals surface area contributed by atoms with Crippen LogP contribution in [-0.2, 0) is 17.8 Å². The van der Waals surface area contributed by atoms with Crippen LogP contribution in [0, 0.1) is 0 Å². The maximum atomic E-state index is 11.7. The molecule has 1 amide bonds. The highest BCUT2D eigenvalue weighted by Gasteiger charge is 2.20. The SMILES string of the molecule is CCCC(=O)N1CCc2ncncc2C1. The van der Waals surface area contributed by atoms with E-state index >= 15 is 0 Å². The lowest BCUT2D eigenvalue weighted by atomic mass is 10.1. The van der Waals surface area contributed by atoms with Crippen LogP contribution in [0.3, 0.4) is 0 Å². The number of carbonyl (C=O) groups excluding carboxylic acids is 1. The van der Waals surface area contributed by atoms with Crippen LogP contribution < -0.4 is 0 Å². The van der Waals surface area contributed by atoms with Gasteiger partial charge < -0.3 is 4.90 Å². The summed E-state index contributed by atoms with van der Waals surface area (Å²) in [5.41, 5.74) is 2.18. The topological polar surface area (TPSA) is 46.1 Å². The van der Waals surface area contributed by atoms with Gasteiger partial charge in [0, 0.05) is 37.7 Å². The average Bonchev–Trinajstić information content (AvgIpc) is 2.29. The number of fused-ring (bicyclic) bond motifs is 1. The third-order valence-corrected chi connectivity index (χ3v) is 2.68. The molecule has 0 atom stereocenters. The molecule has 0 unspecified atom stereocenters. The third kappa shape index (κ3) is 2.14. The van der Waals surface area contributed by atoms with Crippen LogP contribution >= 0.6 is 0 Å². The molecule has 15 heavy (non-hydrogen) atoms. The minimum Gasteiger partial charge on any atom is -0.338 e. The fourth-order valence-corrected chi connectivity index (χ4v) is 1.85. The van der Waals surface area contributed by atoms with Gasteiger partial charge in [-0.2, -0.15) is 0 Å². The molecular formula is C11H15N3O. The van der Waals surface area contributed by atoms with Gasteiger partial charge >= 0.3 is 0 Å². The summed E-state index contributed by atoms with van der Waals surface area (Å²) in [4.78, 5) is 21.8. The number of rotatable bonds is 2. The van der Waals surface area contributed by atoms with Crippen molar-refractivity contribution in [3.63, 3.8) is 0 Å². The van der Waals surface area contributed by atoms with Gasteiger partial charge in [0.2, 0.25) is 5.91 Å². The number of nitrogens with zero attached hydrogens (tertiary/aromatic N) is 3. The quantitative estimate of drug-likeness (QED) is 0.728. The van der Waals surface area contributed by atoms with Crippen molar-refractivity contribution in [2.75, 3.05) is 6.54 Å². The summed E-state index contributed by atoms with van der Waals surface area (Å²) < 4.78 is 0. The summed E-state index contributed by atoms with van der Waals surface area (Å²) in [5, 5.41) is 0. The molecule has 0 radical (unpaired) electrons. The molecule has 80 valence electrons. The molecule has 1 aromatic rings. The Balaban J connectivity index is 2.08. The van der Waals surface area contributed by atoms with E-state index in [1.54, 1.807) is 6.33 Å². The van der Waals surface area contributed by atoms with Crippen molar-refractivity contribution in [1.29, 1.82) is 0 Å². The van der Waals surface area contributed by atoms with Crippen molar-refractivity contribution in [3.8, 4) is 0 Å². The summed E-state index contributed by atoms with van der Waals surface area (Å²) in [5.74, 6) is 0.243. The molecule has 4 nitrogen and oxygen atoms in total. The lowest BCUT2D eigenvalue weighted by Crippen LogP contribution is -2.36. The normalized spacial score (nSPS) is 14.9. The zero-order valence-electron chi connectivity index (χ0n) is 8.94. The summed E-state index contributed by atoms with van der Waals surface area (Å²) in [6, 6.07) is 0. The molecule has 2 rings (SSSR count). The van der Waals surface area contributed by atoms with Crippen molar-refractivity contribution in [2.24, 2.45) is 0 Å². The summed E-state index contributed by atoms with van der Waals surface area (Å²) in [6.45, 7) is 3.50. The zero-order valence-corrected chi connectivity index (χ0v) is 8.94. The molecule has 1 aliphatic heterocycles. The van der Waals surface area contributed by atoms with Crippen molar-refractivity contribution in [2.45, 2.75) is 32.7 Å². The van der Waals surface area contributed by atoms with Crippen molar-refractivity contribution in [3.05, 3.63) is 23.8 Å².